The number of hydrogen-bond donors (Lipinski definition) is 3. The summed E-state index contributed by atoms with van der Waals surface area (Å²) in [6.45, 7) is 1.64. The maximum atomic E-state index is 12.9. The van der Waals surface area contributed by atoms with Gasteiger partial charge in [0, 0.05) is 46.8 Å². The van der Waals surface area contributed by atoms with E-state index in [1.165, 1.54) is 25.1 Å². The van der Waals surface area contributed by atoms with Gasteiger partial charge >= 0.3 is 11.9 Å². The van der Waals surface area contributed by atoms with E-state index in [1.54, 1.807) is 11.8 Å². The normalized spacial score (nSPS) is 19.3. The third kappa shape index (κ3) is 8.24. The first-order valence-electron chi connectivity index (χ1n) is 17.1. The number of benzene rings is 5. The van der Waals surface area contributed by atoms with E-state index in [2.05, 4.69) is 27.5 Å². The fraction of sp³-hybridized carbons (Fsp3) is 0.190. The molecular formula is C42H36N2O8S. The number of fused-ring (bicyclic) bond motifs is 1. The average Bonchev–Trinajstić information content (AvgIpc) is 3.48. The van der Waals surface area contributed by atoms with Crippen LogP contribution < -0.4 is 10.6 Å². The van der Waals surface area contributed by atoms with Crippen LogP contribution in [-0.4, -0.2) is 40.7 Å². The van der Waals surface area contributed by atoms with Crippen LogP contribution in [0.1, 0.15) is 84.1 Å². The van der Waals surface area contributed by atoms with E-state index in [4.69, 9.17) is 9.47 Å². The summed E-state index contributed by atoms with van der Waals surface area (Å²) in [5, 5.41) is 15.4. The highest BCUT2D eigenvalue weighted by atomic mass is 32.2. The van der Waals surface area contributed by atoms with E-state index in [0.29, 0.717) is 5.75 Å². The standard InChI is InChI=1S/C42H36N2O8S/c1-25(46)44-32-16-18-33(19-17-32)53-24-36-37(28-5-3-2-4-6-28)38(29-11-9-27(23-45)10-12-29)51-42(50-36)30-13-7-26(8-14-30)22-43-39(47)31-15-20-34-35(21-31)41(49)52-40(34)48/h2-21,36-38,42,45H,22-24H2,1H3,(H,43,47)(H,44,46)/t36-,37-,38+,42?/m1/s1. The molecule has 11 heteroatoms. The highest BCUT2D eigenvalue weighted by Gasteiger charge is 2.42. The van der Waals surface area contributed by atoms with Crippen LogP contribution in [0.15, 0.2) is 126 Å². The molecule has 1 fully saturated rings. The zero-order valence-electron chi connectivity index (χ0n) is 28.7. The number of ether oxygens (including phenoxy) is 3. The molecule has 2 heterocycles. The Morgan fingerprint density at radius 2 is 1.42 bits per heavy atom. The van der Waals surface area contributed by atoms with Crippen LogP contribution in [0.2, 0.25) is 0 Å². The molecule has 0 saturated carbocycles. The molecule has 10 nitrogen and oxygen atoms in total. The second-order valence-corrected chi connectivity index (χ2v) is 13.9. The van der Waals surface area contributed by atoms with Gasteiger partial charge in [-0.1, -0.05) is 78.9 Å². The van der Waals surface area contributed by atoms with E-state index >= 15 is 0 Å². The van der Waals surface area contributed by atoms with Crippen molar-refractivity contribution in [3.8, 4) is 0 Å². The van der Waals surface area contributed by atoms with E-state index in [1.807, 2.05) is 91.0 Å². The topological polar surface area (TPSA) is 140 Å². The van der Waals surface area contributed by atoms with Crippen LogP contribution in [0.4, 0.5) is 5.69 Å². The van der Waals surface area contributed by atoms with Crippen molar-refractivity contribution in [3.63, 3.8) is 0 Å². The molecule has 0 bridgehead atoms. The molecular weight excluding hydrogens is 693 g/mol. The summed E-state index contributed by atoms with van der Waals surface area (Å²) in [5.41, 5.74) is 5.68. The first kappa shape index (κ1) is 35.8. The van der Waals surface area contributed by atoms with Crippen LogP contribution in [-0.2, 0) is 32.2 Å². The van der Waals surface area contributed by atoms with Crippen molar-refractivity contribution in [2.24, 2.45) is 0 Å². The number of amides is 2. The van der Waals surface area contributed by atoms with Gasteiger partial charge in [0.05, 0.1) is 29.9 Å². The number of rotatable bonds is 11. The SMILES string of the molecule is CC(=O)Nc1ccc(SC[C@H]2OC(c3ccc(CNC(=O)c4ccc5c(c4)C(=O)OC5=O)cc3)O[C@@H](c3ccc(CO)cc3)[C@@H]2c2ccccc2)cc1. The number of carbonyl (C=O) groups is 4. The molecule has 5 aromatic rings. The van der Waals surface area contributed by atoms with Gasteiger partial charge in [0.15, 0.2) is 6.29 Å². The summed E-state index contributed by atoms with van der Waals surface area (Å²) < 4.78 is 18.3. The molecule has 3 N–H and O–H groups in total. The number of anilines is 1. The second-order valence-electron chi connectivity index (χ2n) is 12.8. The lowest BCUT2D eigenvalue weighted by Crippen LogP contribution is -2.38. The van der Waals surface area contributed by atoms with Gasteiger partial charge in [-0.15, -0.1) is 11.8 Å². The van der Waals surface area contributed by atoms with Crippen molar-refractivity contribution < 1.29 is 38.5 Å². The van der Waals surface area contributed by atoms with Crippen LogP contribution in [0.3, 0.4) is 0 Å². The molecule has 2 aliphatic rings. The van der Waals surface area contributed by atoms with Crippen LogP contribution >= 0.6 is 11.8 Å². The van der Waals surface area contributed by atoms with Crippen LogP contribution in [0, 0.1) is 0 Å². The average molecular weight is 729 g/mol. The Morgan fingerprint density at radius 1 is 0.736 bits per heavy atom. The molecule has 268 valence electrons. The molecule has 2 aliphatic heterocycles. The Kier molecular flexibility index (Phi) is 10.8. The molecule has 7 rings (SSSR count). The predicted molar refractivity (Wildman–Crippen MR) is 198 cm³/mol. The van der Waals surface area contributed by atoms with Gasteiger partial charge in [0.1, 0.15) is 0 Å². The first-order chi connectivity index (χ1) is 25.7. The molecule has 1 saturated heterocycles. The fourth-order valence-electron chi connectivity index (χ4n) is 6.47. The minimum atomic E-state index is -0.764. The Bertz CT molecular complexity index is 2120. The number of aliphatic hydroxyl groups excluding tert-OH is 1. The van der Waals surface area contributed by atoms with Crippen molar-refractivity contribution >= 4 is 41.2 Å². The number of thioether (sulfide) groups is 1. The van der Waals surface area contributed by atoms with Gasteiger partial charge in [-0.3, -0.25) is 9.59 Å². The Morgan fingerprint density at radius 3 is 2.11 bits per heavy atom. The number of cyclic esters (lactones) is 2. The van der Waals surface area contributed by atoms with Crippen molar-refractivity contribution in [1.82, 2.24) is 5.32 Å². The van der Waals surface area contributed by atoms with Crippen molar-refractivity contribution in [2.75, 3.05) is 11.1 Å². The third-order valence-corrected chi connectivity index (χ3v) is 10.3. The van der Waals surface area contributed by atoms with E-state index in [0.717, 1.165) is 38.4 Å². The minimum absolute atomic E-state index is 0.0601. The first-order valence-corrected chi connectivity index (χ1v) is 18.1. The minimum Gasteiger partial charge on any atom is -0.392 e. The zero-order valence-corrected chi connectivity index (χ0v) is 29.5. The lowest BCUT2D eigenvalue weighted by Gasteiger charge is -2.43. The van der Waals surface area contributed by atoms with E-state index in [-0.39, 0.29) is 53.9 Å². The van der Waals surface area contributed by atoms with E-state index in [9.17, 15) is 24.3 Å². The summed E-state index contributed by atoms with van der Waals surface area (Å²) in [4.78, 5) is 49.2. The summed E-state index contributed by atoms with van der Waals surface area (Å²) in [7, 11) is 0. The molecule has 1 unspecified atom stereocenters. The van der Waals surface area contributed by atoms with Gasteiger partial charge in [0.2, 0.25) is 5.91 Å². The van der Waals surface area contributed by atoms with Gasteiger partial charge in [-0.25, -0.2) is 9.59 Å². The summed E-state index contributed by atoms with van der Waals surface area (Å²) >= 11 is 1.66. The summed E-state index contributed by atoms with van der Waals surface area (Å²) in [5.74, 6) is -1.55. The number of hydrogen-bond acceptors (Lipinski definition) is 9. The Hall–Kier alpha value is -5.59. The Balaban J connectivity index is 1.11. The molecule has 0 spiro atoms. The predicted octanol–water partition coefficient (Wildman–Crippen LogP) is 7.11. The maximum absolute atomic E-state index is 12.9. The largest absolute Gasteiger partial charge is 0.392 e. The van der Waals surface area contributed by atoms with Gasteiger partial charge < -0.3 is 30.0 Å². The summed E-state index contributed by atoms with van der Waals surface area (Å²) in [6, 6.07) is 37.6. The lowest BCUT2D eigenvalue weighted by atomic mass is 9.84. The van der Waals surface area contributed by atoms with Crippen LogP contribution in [0.5, 0.6) is 0 Å². The molecule has 0 aromatic heterocycles. The fourth-order valence-corrected chi connectivity index (χ4v) is 7.44. The zero-order chi connectivity index (χ0) is 36.9. The monoisotopic (exact) mass is 728 g/mol. The van der Waals surface area contributed by atoms with E-state index < -0.39 is 24.1 Å². The van der Waals surface area contributed by atoms with Crippen molar-refractivity contribution in [2.45, 2.75) is 49.4 Å². The summed E-state index contributed by atoms with van der Waals surface area (Å²) in [6.07, 6.45) is -1.37. The lowest BCUT2D eigenvalue weighted by molar-refractivity contribution is -0.255. The molecule has 53 heavy (non-hydrogen) atoms. The highest BCUT2D eigenvalue weighted by molar-refractivity contribution is 7.99. The van der Waals surface area contributed by atoms with Crippen molar-refractivity contribution in [3.05, 3.63) is 166 Å². The van der Waals surface area contributed by atoms with Crippen molar-refractivity contribution in [1.29, 1.82) is 0 Å². The van der Waals surface area contributed by atoms with Gasteiger partial charge in [0.25, 0.3) is 5.91 Å². The molecule has 0 aliphatic carbocycles. The Labute approximate surface area is 310 Å². The maximum Gasteiger partial charge on any atom is 0.346 e. The number of carbonyl (C=O) groups excluding carboxylic acids is 4. The quantitative estimate of drug-likeness (QED) is 0.0738. The molecule has 0 radical (unpaired) electrons. The number of nitrogens with one attached hydrogen (secondary N) is 2. The second kappa shape index (κ2) is 16.0. The molecule has 5 aromatic carbocycles. The number of esters is 2. The number of aliphatic hydroxyl groups is 1. The third-order valence-electron chi connectivity index (χ3n) is 9.17. The van der Waals surface area contributed by atoms with Gasteiger partial charge in [-0.2, -0.15) is 0 Å². The molecule has 4 atom stereocenters. The highest BCUT2D eigenvalue weighted by Crippen LogP contribution is 2.48. The van der Waals surface area contributed by atoms with Gasteiger partial charge in [-0.05, 0) is 64.7 Å². The van der Waals surface area contributed by atoms with Crippen LogP contribution in [0.25, 0.3) is 0 Å². The molecule has 2 amide bonds. The smallest absolute Gasteiger partial charge is 0.346 e.